The lowest BCUT2D eigenvalue weighted by Crippen LogP contribution is -2.22. The number of ether oxygens (including phenoxy) is 2. The van der Waals surface area contributed by atoms with Crippen molar-refractivity contribution in [2.24, 2.45) is 0 Å². The number of aromatic nitrogens is 2. The van der Waals surface area contributed by atoms with Gasteiger partial charge in [-0.25, -0.2) is 4.98 Å². The smallest absolute Gasteiger partial charge is 0.286 e. The van der Waals surface area contributed by atoms with Crippen molar-refractivity contribution in [1.29, 1.82) is 0 Å². The number of hydrogen-bond acceptors (Lipinski definition) is 7. The van der Waals surface area contributed by atoms with Crippen molar-refractivity contribution in [2.45, 2.75) is 24.3 Å². The number of thioether (sulfide) groups is 1. The average Bonchev–Trinajstić information content (AvgIpc) is 2.81. The van der Waals surface area contributed by atoms with Gasteiger partial charge in [0.2, 0.25) is 5.91 Å². The molecule has 0 fully saturated rings. The first-order valence-electron chi connectivity index (χ1n) is 10.2. The first kappa shape index (κ1) is 24.1. The second kappa shape index (κ2) is 10.9. The molecule has 0 saturated heterocycles. The van der Waals surface area contributed by atoms with Crippen molar-refractivity contribution in [3.63, 3.8) is 0 Å². The Labute approximate surface area is 195 Å². The molecule has 174 valence electrons. The number of para-hydroxylation sites is 1. The zero-order chi connectivity index (χ0) is 24.0. The Hall–Kier alpha value is -3.53. The predicted molar refractivity (Wildman–Crippen MR) is 128 cm³/mol. The first-order valence-corrected chi connectivity index (χ1v) is 11.0. The Morgan fingerprint density at radius 3 is 2.52 bits per heavy atom. The first-order chi connectivity index (χ1) is 15.8. The molecule has 0 spiro atoms. The molecule has 33 heavy (non-hydrogen) atoms. The molecule has 0 aliphatic carbocycles. The van der Waals surface area contributed by atoms with Crippen LogP contribution < -0.4 is 20.3 Å². The molecule has 0 unspecified atom stereocenters. The zero-order valence-electron chi connectivity index (χ0n) is 19.0. The molecular formula is C23H26N4O5S. The minimum Gasteiger partial charge on any atom is -0.493 e. The van der Waals surface area contributed by atoms with Crippen LogP contribution in [0.25, 0.3) is 10.9 Å². The summed E-state index contributed by atoms with van der Waals surface area (Å²) in [6.45, 7) is 0.332. The van der Waals surface area contributed by atoms with Crippen LogP contribution in [0.1, 0.15) is 12.8 Å². The lowest BCUT2D eigenvalue weighted by atomic mass is 10.2. The Balaban J connectivity index is 1.65. The minimum atomic E-state index is -0.217. The number of carbonyl (C=O) groups is 2. The summed E-state index contributed by atoms with van der Waals surface area (Å²) in [4.78, 5) is 43.8. The molecule has 1 aromatic heterocycles. The van der Waals surface area contributed by atoms with E-state index in [1.807, 2.05) is 6.07 Å². The zero-order valence-corrected chi connectivity index (χ0v) is 19.8. The summed E-state index contributed by atoms with van der Waals surface area (Å²) < 4.78 is 12.0. The van der Waals surface area contributed by atoms with E-state index in [2.05, 4.69) is 10.3 Å². The van der Waals surface area contributed by atoms with E-state index in [0.29, 0.717) is 46.0 Å². The van der Waals surface area contributed by atoms with Gasteiger partial charge in [-0.3, -0.25) is 19.0 Å². The van der Waals surface area contributed by atoms with Gasteiger partial charge in [0.15, 0.2) is 11.5 Å². The maximum absolute atomic E-state index is 12.9. The molecule has 0 saturated carbocycles. The molecule has 0 aliphatic rings. The van der Waals surface area contributed by atoms with Gasteiger partial charge in [-0.2, -0.15) is 0 Å². The normalized spacial score (nSPS) is 10.7. The van der Waals surface area contributed by atoms with Crippen LogP contribution in [0.2, 0.25) is 0 Å². The Bertz CT molecular complexity index is 1230. The molecular weight excluding hydrogens is 444 g/mol. The molecule has 1 N–H and O–H groups in total. The van der Waals surface area contributed by atoms with E-state index in [-0.39, 0.29) is 23.1 Å². The maximum Gasteiger partial charge on any atom is 0.286 e. The lowest BCUT2D eigenvalue weighted by molar-refractivity contribution is -0.116. The van der Waals surface area contributed by atoms with Crippen LogP contribution in [0.5, 0.6) is 11.5 Å². The fraction of sp³-hybridized carbons (Fsp3) is 0.304. The van der Waals surface area contributed by atoms with Crippen LogP contribution in [0, 0.1) is 0 Å². The molecule has 0 atom stereocenters. The van der Waals surface area contributed by atoms with Crippen molar-refractivity contribution in [2.75, 3.05) is 33.6 Å². The van der Waals surface area contributed by atoms with Crippen molar-refractivity contribution in [1.82, 2.24) is 14.5 Å². The highest BCUT2D eigenvalue weighted by molar-refractivity contribution is 8.13. The third-order valence-corrected chi connectivity index (χ3v) is 5.97. The number of aryl methyl sites for hydroxylation is 1. The van der Waals surface area contributed by atoms with Crippen LogP contribution in [0.4, 0.5) is 10.5 Å². The highest BCUT2D eigenvalue weighted by Crippen LogP contribution is 2.30. The summed E-state index contributed by atoms with van der Waals surface area (Å²) in [6.07, 6.45) is 2.11. The fourth-order valence-electron chi connectivity index (χ4n) is 3.11. The molecule has 3 aromatic rings. The van der Waals surface area contributed by atoms with E-state index < -0.39 is 0 Å². The SMILES string of the molecule is COc1cc2ncn(CCCC(=O)Nc3ccccc3SC(=O)N(C)C)c(=O)c2cc1OC. The molecule has 3 rings (SSSR count). The highest BCUT2D eigenvalue weighted by Gasteiger charge is 2.14. The van der Waals surface area contributed by atoms with Gasteiger partial charge in [0.05, 0.1) is 37.1 Å². The van der Waals surface area contributed by atoms with Crippen LogP contribution in [-0.2, 0) is 11.3 Å². The highest BCUT2D eigenvalue weighted by atomic mass is 32.2. The third-order valence-electron chi connectivity index (χ3n) is 4.86. The average molecular weight is 471 g/mol. The van der Waals surface area contributed by atoms with Gasteiger partial charge in [0, 0.05) is 38.0 Å². The summed E-state index contributed by atoms with van der Waals surface area (Å²) in [7, 11) is 6.37. The number of nitrogens with one attached hydrogen (secondary N) is 1. The van der Waals surface area contributed by atoms with Crippen molar-refractivity contribution in [3.8, 4) is 11.5 Å². The van der Waals surface area contributed by atoms with E-state index >= 15 is 0 Å². The quantitative estimate of drug-likeness (QED) is 0.502. The third kappa shape index (κ3) is 5.83. The van der Waals surface area contributed by atoms with E-state index in [4.69, 9.17) is 9.47 Å². The summed E-state index contributed by atoms with van der Waals surface area (Å²) in [6, 6.07) is 10.4. The summed E-state index contributed by atoms with van der Waals surface area (Å²) in [5.74, 6) is 0.746. The number of methoxy groups -OCH3 is 2. The van der Waals surface area contributed by atoms with Crippen LogP contribution >= 0.6 is 11.8 Å². The van der Waals surface area contributed by atoms with Gasteiger partial charge in [-0.15, -0.1) is 0 Å². The van der Waals surface area contributed by atoms with Gasteiger partial charge in [-0.05, 0) is 36.4 Å². The number of fused-ring (bicyclic) bond motifs is 1. The summed E-state index contributed by atoms with van der Waals surface area (Å²) in [5, 5.41) is 3.13. The number of amides is 2. The number of rotatable bonds is 8. The van der Waals surface area contributed by atoms with E-state index in [1.54, 1.807) is 44.4 Å². The maximum atomic E-state index is 12.9. The molecule has 0 aliphatic heterocycles. The van der Waals surface area contributed by atoms with Crippen molar-refractivity contribution < 1.29 is 19.1 Å². The fourth-order valence-corrected chi connectivity index (χ4v) is 3.86. The Kier molecular flexibility index (Phi) is 7.94. The second-order valence-electron chi connectivity index (χ2n) is 7.38. The predicted octanol–water partition coefficient (Wildman–Crippen LogP) is 3.61. The molecule has 0 bridgehead atoms. The molecule has 9 nitrogen and oxygen atoms in total. The Morgan fingerprint density at radius 2 is 1.82 bits per heavy atom. The van der Waals surface area contributed by atoms with Gasteiger partial charge < -0.3 is 19.7 Å². The minimum absolute atomic E-state index is 0.130. The summed E-state index contributed by atoms with van der Waals surface area (Å²) in [5.41, 5.74) is 0.867. The van der Waals surface area contributed by atoms with Gasteiger partial charge >= 0.3 is 0 Å². The molecule has 2 amide bonds. The van der Waals surface area contributed by atoms with Gasteiger partial charge in [0.1, 0.15) is 0 Å². The van der Waals surface area contributed by atoms with Gasteiger partial charge in [-0.1, -0.05) is 12.1 Å². The number of carbonyl (C=O) groups excluding carboxylic acids is 2. The van der Waals surface area contributed by atoms with Crippen LogP contribution in [-0.4, -0.2) is 53.9 Å². The van der Waals surface area contributed by atoms with E-state index in [1.165, 1.54) is 30.0 Å². The topological polar surface area (TPSA) is 103 Å². The number of hydrogen-bond donors (Lipinski definition) is 1. The lowest BCUT2D eigenvalue weighted by Gasteiger charge is -2.13. The largest absolute Gasteiger partial charge is 0.493 e. The molecule has 2 aromatic carbocycles. The van der Waals surface area contributed by atoms with E-state index in [0.717, 1.165) is 11.8 Å². The van der Waals surface area contributed by atoms with Crippen molar-refractivity contribution in [3.05, 3.63) is 53.1 Å². The van der Waals surface area contributed by atoms with E-state index in [9.17, 15) is 14.4 Å². The monoisotopic (exact) mass is 470 g/mol. The molecule has 1 heterocycles. The van der Waals surface area contributed by atoms with Crippen LogP contribution in [0.3, 0.4) is 0 Å². The molecule has 0 radical (unpaired) electrons. The molecule has 10 heteroatoms. The number of benzene rings is 2. The van der Waals surface area contributed by atoms with Crippen LogP contribution in [0.15, 0.2) is 52.4 Å². The Morgan fingerprint density at radius 1 is 1.12 bits per heavy atom. The second-order valence-corrected chi connectivity index (χ2v) is 8.37. The summed E-state index contributed by atoms with van der Waals surface area (Å²) >= 11 is 1.05. The van der Waals surface area contributed by atoms with Crippen molar-refractivity contribution >= 4 is 39.5 Å². The number of nitrogens with zero attached hydrogens (tertiary/aromatic N) is 3. The van der Waals surface area contributed by atoms with Gasteiger partial charge in [0.25, 0.3) is 10.8 Å². The standard InChI is InChI=1S/C23H26N4O5S/c1-26(2)23(30)33-20-9-6-5-8-16(20)25-21(28)10-7-11-27-14-24-17-13-19(32-4)18(31-3)12-15(17)22(27)29/h5-6,8-9,12-14H,7,10-11H2,1-4H3,(H,25,28). The number of anilines is 1.